The van der Waals surface area contributed by atoms with Crippen molar-refractivity contribution in [1.82, 2.24) is 5.32 Å². The molecular weight excluding hydrogens is 464 g/mol. The number of benzene rings is 3. The Morgan fingerprint density at radius 2 is 1.51 bits per heavy atom. The maximum atomic E-state index is 13.2. The molecular formula is C30H38N4O3. The Morgan fingerprint density at radius 3 is 2.11 bits per heavy atom. The minimum Gasteiger partial charge on any atom is -0.489 e. The fraction of sp³-hybridized carbons (Fsp3) is 0.333. The van der Waals surface area contributed by atoms with E-state index in [0.29, 0.717) is 25.1 Å². The van der Waals surface area contributed by atoms with Gasteiger partial charge in [-0.15, -0.1) is 0 Å². The summed E-state index contributed by atoms with van der Waals surface area (Å²) in [7, 11) is 3.91. The van der Waals surface area contributed by atoms with Crippen LogP contribution in [0.1, 0.15) is 31.4 Å². The second-order valence-electron chi connectivity index (χ2n) is 9.85. The predicted octanol–water partition coefficient (Wildman–Crippen LogP) is 4.37. The van der Waals surface area contributed by atoms with Crippen LogP contribution in [0.3, 0.4) is 0 Å². The third kappa shape index (κ3) is 8.95. The van der Waals surface area contributed by atoms with Crippen molar-refractivity contribution in [3.05, 3.63) is 90.0 Å². The fourth-order valence-corrected chi connectivity index (χ4v) is 3.87. The normalized spacial score (nSPS) is 12.5. The van der Waals surface area contributed by atoms with Crippen LogP contribution in [-0.2, 0) is 22.6 Å². The number of hydrogen-bond acceptors (Lipinski definition) is 5. The molecule has 7 heteroatoms. The van der Waals surface area contributed by atoms with Gasteiger partial charge in [-0.2, -0.15) is 0 Å². The van der Waals surface area contributed by atoms with Crippen LogP contribution in [0.2, 0.25) is 0 Å². The molecule has 2 atom stereocenters. The molecule has 0 aromatic heterocycles. The fourth-order valence-electron chi connectivity index (χ4n) is 3.87. The molecule has 0 aliphatic carbocycles. The molecule has 0 radical (unpaired) electrons. The first-order chi connectivity index (χ1) is 17.7. The van der Waals surface area contributed by atoms with Crippen molar-refractivity contribution in [2.75, 3.05) is 24.3 Å². The Bertz CT molecular complexity index is 1130. The van der Waals surface area contributed by atoms with Crippen molar-refractivity contribution in [2.45, 2.75) is 45.4 Å². The van der Waals surface area contributed by atoms with Gasteiger partial charge in [-0.25, -0.2) is 0 Å². The maximum Gasteiger partial charge on any atom is 0.247 e. The van der Waals surface area contributed by atoms with Crippen LogP contribution >= 0.6 is 0 Å². The summed E-state index contributed by atoms with van der Waals surface area (Å²) in [5.74, 6) is 0.371. The largest absolute Gasteiger partial charge is 0.489 e. The van der Waals surface area contributed by atoms with Crippen molar-refractivity contribution in [2.24, 2.45) is 11.7 Å². The smallest absolute Gasteiger partial charge is 0.247 e. The standard InChI is InChI=1S/C30H38N4O3/c1-21(2)18-27(31)29(35)33-28(30(36)32-24-12-14-25(15-13-24)34(3)4)19-22-10-16-26(17-11-22)37-20-23-8-6-5-7-9-23/h5-17,21,27-28H,18-20,31H2,1-4H3,(H,32,36)(H,33,35). The number of nitrogens with zero attached hydrogens (tertiary/aromatic N) is 1. The van der Waals surface area contributed by atoms with Crippen molar-refractivity contribution < 1.29 is 14.3 Å². The molecule has 0 spiro atoms. The first-order valence-corrected chi connectivity index (χ1v) is 12.6. The molecule has 0 heterocycles. The molecule has 0 saturated carbocycles. The van der Waals surface area contributed by atoms with E-state index < -0.39 is 12.1 Å². The van der Waals surface area contributed by atoms with E-state index in [-0.39, 0.29) is 17.7 Å². The van der Waals surface area contributed by atoms with Gasteiger partial charge in [0.1, 0.15) is 18.4 Å². The first-order valence-electron chi connectivity index (χ1n) is 12.6. The summed E-state index contributed by atoms with van der Waals surface area (Å²) in [6.45, 7) is 4.49. The van der Waals surface area contributed by atoms with Gasteiger partial charge in [0.2, 0.25) is 11.8 Å². The van der Waals surface area contributed by atoms with Gasteiger partial charge >= 0.3 is 0 Å². The molecule has 4 N–H and O–H groups in total. The molecule has 0 saturated heterocycles. The Hall–Kier alpha value is -3.84. The van der Waals surface area contributed by atoms with Crippen LogP contribution in [0, 0.1) is 5.92 Å². The van der Waals surface area contributed by atoms with Crippen molar-refractivity contribution in [3.63, 3.8) is 0 Å². The van der Waals surface area contributed by atoms with Gasteiger partial charge < -0.3 is 26.0 Å². The van der Waals surface area contributed by atoms with Crippen molar-refractivity contribution in [3.8, 4) is 5.75 Å². The average molecular weight is 503 g/mol. The quantitative estimate of drug-likeness (QED) is 0.342. The topological polar surface area (TPSA) is 96.7 Å². The van der Waals surface area contributed by atoms with Crippen LogP contribution in [-0.4, -0.2) is 38.0 Å². The number of ether oxygens (including phenoxy) is 1. The lowest BCUT2D eigenvalue weighted by Gasteiger charge is -2.22. The molecule has 3 rings (SSSR count). The molecule has 2 unspecified atom stereocenters. The number of carbonyl (C=O) groups excluding carboxylic acids is 2. The second kappa shape index (κ2) is 13.5. The Morgan fingerprint density at radius 1 is 0.865 bits per heavy atom. The lowest BCUT2D eigenvalue weighted by atomic mass is 10.0. The van der Waals surface area contributed by atoms with Crippen LogP contribution in [0.25, 0.3) is 0 Å². The molecule has 0 aliphatic heterocycles. The van der Waals surface area contributed by atoms with E-state index in [0.717, 1.165) is 22.6 Å². The minimum absolute atomic E-state index is 0.270. The van der Waals surface area contributed by atoms with Gasteiger partial charge in [0.15, 0.2) is 0 Å². The lowest BCUT2D eigenvalue weighted by Crippen LogP contribution is -2.51. The lowest BCUT2D eigenvalue weighted by molar-refractivity contribution is -0.127. The van der Waals surface area contributed by atoms with E-state index in [4.69, 9.17) is 10.5 Å². The van der Waals surface area contributed by atoms with Crippen LogP contribution in [0.15, 0.2) is 78.9 Å². The zero-order valence-electron chi connectivity index (χ0n) is 22.1. The number of hydrogen-bond donors (Lipinski definition) is 3. The van der Waals surface area contributed by atoms with E-state index in [1.807, 2.05) is 112 Å². The highest BCUT2D eigenvalue weighted by Gasteiger charge is 2.25. The van der Waals surface area contributed by atoms with E-state index in [1.165, 1.54) is 0 Å². The summed E-state index contributed by atoms with van der Waals surface area (Å²) >= 11 is 0. The Kier molecular flexibility index (Phi) is 10.1. The van der Waals surface area contributed by atoms with Gasteiger partial charge in [-0.1, -0.05) is 56.3 Å². The van der Waals surface area contributed by atoms with Gasteiger partial charge in [0, 0.05) is 31.9 Å². The molecule has 3 aromatic carbocycles. The number of rotatable bonds is 12. The predicted molar refractivity (Wildman–Crippen MR) is 150 cm³/mol. The molecule has 3 aromatic rings. The zero-order valence-corrected chi connectivity index (χ0v) is 22.1. The summed E-state index contributed by atoms with van der Waals surface area (Å²) in [4.78, 5) is 28.0. The second-order valence-corrected chi connectivity index (χ2v) is 9.85. The van der Waals surface area contributed by atoms with E-state index in [9.17, 15) is 9.59 Å². The molecule has 0 bridgehead atoms. The summed E-state index contributed by atoms with van der Waals surface area (Å²) < 4.78 is 5.87. The highest BCUT2D eigenvalue weighted by atomic mass is 16.5. The number of anilines is 2. The van der Waals surface area contributed by atoms with Crippen molar-refractivity contribution >= 4 is 23.2 Å². The van der Waals surface area contributed by atoms with Gasteiger partial charge in [0.05, 0.1) is 6.04 Å². The summed E-state index contributed by atoms with van der Waals surface area (Å²) in [5, 5.41) is 5.79. The molecule has 37 heavy (non-hydrogen) atoms. The Balaban J connectivity index is 1.69. The van der Waals surface area contributed by atoms with E-state index >= 15 is 0 Å². The first kappa shape index (κ1) is 27.7. The van der Waals surface area contributed by atoms with E-state index in [2.05, 4.69) is 10.6 Å². The molecule has 2 amide bonds. The van der Waals surface area contributed by atoms with Gasteiger partial charge in [-0.05, 0) is 59.9 Å². The average Bonchev–Trinajstić information content (AvgIpc) is 2.88. The number of carbonyl (C=O) groups is 2. The highest BCUT2D eigenvalue weighted by molar-refractivity contribution is 5.98. The zero-order chi connectivity index (χ0) is 26.8. The monoisotopic (exact) mass is 502 g/mol. The van der Waals surface area contributed by atoms with Crippen LogP contribution in [0.5, 0.6) is 5.75 Å². The number of amides is 2. The van der Waals surface area contributed by atoms with Gasteiger partial charge in [0.25, 0.3) is 0 Å². The number of nitrogens with two attached hydrogens (primary N) is 1. The van der Waals surface area contributed by atoms with Crippen molar-refractivity contribution in [1.29, 1.82) is 0 Å². The number of nitrogens with one attached hydrogen (secondary N) is 2. The molecule has 0 aliphatic rings. The third-order valence-corrected chi connectivity index (χ3v) is 5.96. The van der Waals surface area contributed by atoms with E-state index in [1.54, 1.807) is 0 Å². The highest BCUT2D eigenvalue weighted by Crippen LogP contribution is 2.18. The SMILES string of the molecule is CC(C)CC(N)C(=O)NC(Cc1ccc(OCc2ccccc2)cc1)C(=O)Nc1ccc(N(C)C)cc1. The molecule has 0 fully saturated rings. The van der Waals surface area contributed by atoms with Crippen LogP contribution in [0.4, 0.5) is 11.4 Å². The minimum atomic E-state index is -0.782. The van der Waals surface area contributed by atoms with Crippen LogP contribution < -0.4 is 26.0 Å². The summed E-state index contributed by atoms with van der Waals surface area (Å²) in [5.41, 5.74) is 9.76. The Labute approximate surface area is 220 Å². The molecule has 7 nitrogen and oxygen atoms in total. The summed E-state index contributed by atoms with van der Waals surface area (Å²) in [6, 6.07) is 23.6. The summed E-state index contributed by atoms with van der Waals surface area (Å²) in [6.07, 6.45) is 0.861. The third-order valence-electron chi connectivity index (χ3n) is 5.96. The van der Waals surface area contributed by atoms with Gasteiger partial charge in [-0.3, -0.25) is 9.59 Å². The molecule has 196 valence electrons. The maximum absolute atomic E-state index is 13.2.